The standard InChI is InChI=1S/C8H18INO2/c1-10(2)4-6-12-8-7-11-5-3-9/h3-8H2,1-2H3. The second-order valence-corrected chi connectivity index (χ2v) is 3.80. The van der Waals surface area contributed by atoms with Crippen LogP contribution in [-0.2, 0) is 9.47 Å². The van der Waals surface area contributed by atoms with Crippen LogP contribution in [0, 0.1) is 0 Å². The SMILES string of the molecule is CN(C)CCOCCOCCI. The average molecular weight is 287 g/mol. The molecule has 0 unspecified atom stereocenters. The summed E-state index contributed by atoms with van der Waals surface area (Å²) in [7, 11) is 4.08. The summed E-state index contributed by atoms with van der Waals surface area (Å²) in [4.78, 5) is 2.10. The summed E-state index contributed by atoms with van der Waals surface area (Å²) < 4.78 is 11.6. The van der Waals surface area contributed by atoms with Crippen LogP contribution >= 0.6 is 22.6 Å². The number of ether oxygens (including phenoxy) is 2. The average Bonchev–Trinajstić information content (AvgIpc) is 2.02. The minimum Gasteiger partial charge on any atom is -0.378 e. The zero-order chi connectivity index (χ0) is 9.23. The van der Waals surface area contributed by atoms with Crippen LogP contribution in [0.4, 0.5) is 0 Å². The van der Waals surface area contributed by atoms with Gasteiger partial charge in [-0.3, -0.25) is 0 Å². The summed E-state index contributed by atoms with van der Waals surface area (Å²) in [6.45, 7) is 4.03. The predicted molar refractivity (Wildman–Crippen MR) is 59.1 cm³/mol. The quantitative estimate of drug-likeness (QED) is 0.378. The van der Waals surface area contributed by atoms with E-state index in [0.717, 1.165) is 30.8 Å². The number of rotatable bonds is 8. The molecule has 0 N–H and O–H groups in total. The van der Waals surface area contributed by atoms with Gasteiger partial charge < -0.3 is 14.4 Å². The molecule has 0 aliphatic rings. The molecule has 0 heterocycles. The Hall–Kier alpha value is 0.610. The Morgan fingerprint density at radius 3 is 2.08 bits per heavy atom. The molecule has 0 amide bonds. The fourth-order valence-corrected chi connectivity index (χ4v) is 0.935. The maximum absolute atomic E-state index is 5.32. The molecule has 0 radical (unpaired) electrons. The highest BCUT2D eigenvalue weighted by Gasteiger charge is 1.90. The Morgan fingerprint density at radius 2 is 1.58 bits per heavy atom. The van der Waals surface area contributed by atoms with Gasteiger partial charge in [0.05, 0.1) is 26.4 Å². The number of hydrogen-bond donors (Lipinski definition) is 0. The third kappa shape index (κ3) is 10.6. The van der Waals surface area contributed by atoms with Crippen molar-refractivity contribution in [1.29, 1.82) is 0 Å². The largest absolute Gasteiger partial charge is 0.378 e. The maximum atomic E-state index is 5.32. The van der Waals surface area contributed by atoms with Crippen molar-refractivity contribution in [2.24, 2.45) is 0 Å². The molecule has 0 aliphatic heterocycles. The molecule has 3 nitrogen and oxygen atoms in total. The molecule has 0 spiro atoms. The first kappa shape index (κ1) is 12.6. The molecule has 0 bridgehead atoms. The lowest BCUT2D eigenvalue weighted by Gasteiger charge is -2.09. The minimum atomic E-state index is 0.713. The molecule has 0 atom stereocenters. The van der Waals surface area contributed by atoms with E-state index in [4.69, 9.17) is 9.47 Å². The van der Waals surface area contributed by atoms with E-state index in [1.807, 2.05) is 14.1 Å². The normalized spacial score (nSPS) is 11.0. The first-order chi connectivity index (χ1) is 5.77. The van der Waals surface area contributed by atoms with Gasteiger partial charge in [-0.15, -0.1) is 0 Å². The Labute approximate surface area is 88.5 Å². The van der Waals surface area contributed by atoms with Crippen molar-refractivity contribution in [3.05, 3.63) is 0 Å². The molecular formula is C8H18INO2. The van der Waals surface area contributed by atoms with E-state index in [1.165, 1.54) is 0 Å². The van der Waals surface area contributed by atoms with Crippen molar-refractivity contribution in [1.82, 2.24) is 4.90 Å². The maximum Gasteiger partial charge on any atom is 0.0701 e. The van der Waals surface area contributed by atoms with Crippen LogP contribution in [0.25, 0.3) is 0 Å². The van der Waals surface area contributed by atoms with Crippen molar-refractivity contribution < 1.29 is 9.47 Å². The molecule has 0 aliphatic carbocycles. The van der Waals surface area contributed by atoms with Crippen molar-refractivity contribution in [2.45, 2.75) is 0 Å². The smallest absolute Gasteiger partial charge is 0.0701 e. The van der Waals surface area contributed by atoms with E-state index in [9.17, 15) is 0 Å². The highest BCUT2D eigenvalue weighted by atomic mass is 127. The van der Waals surface area contributed by atoms with E-state index in [2.05, 4.69) is 27.5 Å². The zero-order valence-corrected chi connectivity index (χ0v) is 10.0. The Bertz CT molecular complexity index is 91.1. The van der Waals surface area contributed by atoms with Gasteiger partial charge in [-0.2, -0.15) is 0 Å². The molecule has 74 valence electrons. The van der Waals surface area contributed by atoms with Gasteiger partial charge in [-0.1, -0.05) is 22.6 Å². The number of alkyl halides is 1. The molecule has 4 heteroatoms. The third-order valence-corrected chi connectivity index (χ3v) is 1.72. The number of hydrogen-bond acceptors (Lipinski definition) is 3. The van der Waals surface area contributed by atoms with E-state index in [-0.39, 0.29) is 0 Å². The van der Waals surface area contributed by atoms with Crippen molar-refractivity contribution in [2.75, 3.05) is 51.5 Å². The lowest BCUT2D eigenvalue weighted by Crippen LogP contribution is -2.19. The van der Waals surface area contributed by atoms with Crippen LogP contribution in [0.2, 0.25) is 0 Å². The summed E-state index contributed by atoms with van der Waals surface area (Å²) in [6.07, 6.45) is 0. The van der Waals surface area contributed by atoms with Gasteiger partial charge in [0.25, 0.3) is 0 Å². The summed E-state index contributed by atoms with van der Waals surface area (Å²) in [5.74, 6) is 0. The van der Waals surface area contributed by atoms with E-state index in [1.54, 1.807) is 0 Å². The Balaban J connectivity index is 2.82. The van der Waals surface area contributed by atoms with Crippen molar-refractivity contribution >= 4 is 22.6 Å². The van der Waals surface area contributed by atoms with E-state index < -0.39 is 0 Å². The van der Waals surface area contributed by atoms with Crippen molar-refractivity contribution in [3.8, 4) is 0 Å². The number of halogens is 1. The fourth-order valence-electron chi connectivity index (χ4n) is 0.624. The van der Waals surface area contributed by atoms with Crippen molar-refractivity contribution in [3.63, 3.8) is 0 Å². The van der Waals surface area contributed by atoms with Gasteiger partial charge in [0, 0.05) is 11.0 Å². The monoisotopic (exact) mass is 287 g/mol. The molecule has 0 aromatic rings. The van der Waals surface area contributed by atoms with Gasteiger partial charge in [0.15, 0.2) is 0 Å². The van der Waals surface area contributed by atoms with Crippen LogP contribution in [0.15, 0.2) is 0 Å². The van der Waals surface area contributed by atoms with Crippen LogP contribution in [0.3, 0.4) is 0 Å². The van der Waals surface area contributed by atoms with Gasteiger partial charge in [0.1, 0.15) is 0 Å². The number of likely N-dealkylation sites (N-methyl/N-ethyl adjacent to an activating group) is 1. The lowest BCUT2D eigenvalue weighted by atomic mass is 10.6. The summed E-state index contributed by atoms with van der Waals surface area (Å²) >= 11 is 2.29. The van der Waals surface area contributed by atoms with E-state index >= 15 is 0 Å². The van der Waals surface area contributed by atoms with Gasteiger partial charge in [-0.05, 0) is 14.1 Å². The molecule has 0 fully saturated rings. The third-order valence-electron chi connectivity index (χ3n) is 1.28. The Kier molecular flexibility index (Phi) is 10.2. The molecule has 0 rings (SSSR count). The molecular weight excluding hydrogens is 269 g/mol. The second kappa shape index (κ2) is 9.70. The molecule has 0 aromatic heterocycles. The first-order valence-corrected chi connectivity index (χ1v) is 5.66. The topological polar surface area (TPSA) is 21.7 Å². The lowest BCUT2D eigenvalue weighted by molar-refractivity contribution is 0.0487. The van der Waals surface area contributed by atoms with Gasteiger partial charge in [0.2, 0.25) is 0 Å². The van der Waals surface area contributed by atoms with Crippen LogP contribution in [-0.4, -0.2) is 56.4 Å². The van der Waals surface area contributed by atoms with Crippen LogP contribution in [0.5, 0.6) is 0 Å². The molecule has 12 heavy (non-hydrogen) atoms. The summed E-state index contributed by atoms with van der Waals surface area (Å²) in [5.41, 5.74) is 0. The first-order valence-electron chi connectivity index (χ1n) is 4.13. The van der Waals surface area contributed by atoms with Gasteiger partial charge >= 0.3 is 0 Å². The Morgan fingerprint density at radius 1 is 1.00 bits per heavy atom. The van der Waals surface area contributed by atoms with Gasteiger partial charge in [-0.25, -0.2) is 0 Å². The fraction of sp³-hybridized carbons (Fsp3) is 1.00. The second-order valence-electron chi connectivity index (χ2n) is 2.72. The minimum absolute atomic E-state index is 0.713. The van der Waals surface area contributed by atoms with Crippen LogP contribution in [0.1, 0.15) is 0 Å². The summed E-state index contributed by atoms with van der Waals surface area (Å²) in [6, 6.07) is 0. The molecule has 0 aromatic carbocycles. The summed E-state index contributed by atoms with van der Waals surface area (Å²) in [5, 5.41) is 0. The molecule has 0 saturated carbocycles. The van der Waals surface area contributed by atoms with E-state index in [0.29, 0.717) is 6.61 Å². The zero-order valence-electron chi connectivity index (χ0n) is 7.88. The number of nitrogens with zero attached hydrogens (tertiary/aromatic N) is 1. The van der Waals surface area contributed by atoms with Crippen LogP contribution < -0.4 is 0 Å². The highest BCUT2D eigenvalue weighted by molar-refractivity contribution is 14.1. The molecule has 0 saturated heterocycles. The highest BCUT2D eigenvalue weighted by Crippen LogP contribution is 1.84. The predicted octanol–water partition coefficient (Wildman–Crippen LogP) is 1.02.